The summed E-state index contributed by atoms with van der Waals surface area (Å²) in [6.45, 7) is 2.10. The maximum atomic E-state index is 11.1. The van der Waals surface area contributed by atoms with E-state index in [0.29, 0.717) is 6.42 Å². The molecule has 2 aromatic carbocycles. The predicted molar refractivity (Wildman–Crippen MR) is 82.0 cm³/mol. The number of aryl methyl sites for hydroxylation is 1. The number of H-pyrrole nitrogens is 1. The molecule has 0 aliphatic heterocycles. The molecule has 2 nitrogen and oxygen atoms in total. The molecule has 0 spiro atoms. The zero-order valence-corrected chi connectivity index (χ0v) is 11.5. The van der Waals surface area contributed by atoms with Crippen LogP contribution in [0.4, 0.5) is 0 Å². The molecule has 3 rings (SSSR count). The normalized spacial score (nSPS) is 12.4. The van der Waals surface area contributed by atoms with Crippen LogP contribution in [0.15, 0.2) is 54.7 Å². The Hall–Kier alpha value is -2.35. The Morgan fingerprint density at radius 2 is 1.90 bits per heavy atom. The first-order valence-electron chi connectivity index (χ1n) is 6.86. The first-order chi connectivity index (χ1) is 9.81. The molecule has 0 aliphatic rings. The molecular weight excluding hydrogens is 246 g/mol. The van der Waals surface area contributed by atoms with Crippen LogP contribution in [0, 0.1) is 6.92 Å². The second kappa shape index (κ2) is 5.33. The van der Waals surface area contributed by atoms with Gasteiger partial charge in [-0.05, 0) is 23.6 Å². The maximum Gasteiger partial charge on any atom is 0.120 e. The van der Waals surface area contributed by atoms with Crippen molar-refractivity contribution in [3.63, 3.8) is 0 Å². The zero-order chi connectivity index (χ0) is 13.9. The highest BCUT2D eigenvalue weighted by Crippen LogP contribution is 2.33. The van der Waals surface area contributed by atoms with E-state index in [2.05, 4.69) is 42.2 Å². The Bertz CT molecular complexity index is 728. The first-order valence-corrected chi connectivity index (χ1v) is 6.86. The Kier molecular flexibility index (Phi) is 3.38. The summed E-state index contributed by atoms with van der Waals surface area (Å²) in [7, 11) is 0. The monoisotopic (exact) mass is 263 g/mol. The fraction of sp³-hybridized carbons (Fsp3) is 0.167. The van der Waals surface area contributed by atoms with Crippen molar-refractivity contribution in [2.24, 2.45) is 0 Å². The third kappa shape index (κ3) is 2.14. The minimum absolute atomic E-state index is 0.115. The van der Waals surface area contributed by atoms with E-state index >= 15 is 0 Å². The second-order valence-corrected chi connectivity index (χ2v) is 5.11. The molecule has 1 heterocycles. The Morgan fingerprint density at radius 3 is 2.65 bits per heavy atom. The largest absolute Gasteiger partial charge is 0.361 e. The summed E-state index contributed by atoms with van der Waals surface area (Å²) in [6, 6.07) is 16.5. The molecule has 1 aromatic heterocycles. The summed E-state index contributed by atoms with van der Waals surface area (Å²) in [5, 5.41) is 1.21. The Balaban J connectivity index is 2.15. The van der Waals surface area contributed by atoms with E-state index in [4.69, 9.17) is 0 Å². The van der Waals surface area contributed by atoms with Crippen LogP contribution in [0.25, 0.3) is 10.9 Å². The number of fused-ring (bicyclic) bond motifs is 1. The van der Waals surface area contributed by atoms with Crippen LogP contribution in [0.1, 0.15) is 29.0 Å². The van der Waals surface area contributed by atoms with E-state index in [9.17, 15) is 4.79 Å². The van der Waals surface area contributed by atoms with Gasteiger partial charge in [0.25, 0.3) is 0 Å². The van der Waals surface area contributed by atoms with E-state index in [1.165, 1.54) is 22.1 Å². The summed E-state index contributed by atoms with van der Waals surface area (Å²) in [5.41, 5.74) is 4.77. The number of carbonyl (C=O) groups excluding carboxylic acids is 1. The van der Waals surface area contributed by atoms with Crippen molar-refractivity contribution in [1.29, 1.82) is 0 Å². The van der Waals surface area contributed by atoms with Gasteiger partial charge in [-0.15, -0.1) is 0 Å². The highest BCUT2D eigenvalue weighted by atomic mass is 16.1. The van der Waals surface area contributed by atoms with E-state index in [1.54, 1.807) is 0 Å². The highest BCUT2D eigenvalue weighted by molar-refractivity contribution is 5.87. The zero-order valence-electron chi connectivity index (χ0n) is 11.5. The molecule has 2 heteroatoms. The molecule has 20 heavy (non-hydrogen) atoms. The van der Waals surface area contributed by atoms with Crippen LogP contribution >= 0.6 is 0 Å². The standard InChI is InChI=1S/C18H17NO/c1-13-6-5-9-16-17(12-19-18(13)16)15(10-11-20)14-7-3-2-4-8-14/h2-9,11-12,15,19H,10H2,1H3/t15-/m0/s1. The highest BCUT2D eigenvalue weighted by Gasteiger charge is 2.17. The van der Waals surface area contributed by atoms with Gasteiger partial charge >= 0.3 is 0 Å². The van der Waals surface area contributed by atoms with Crippen molar-refractivity contribution in [2.45, 2.75) is 19.3 Å². The van der Waals surface area contributed by atoms with Crippen LogP contribution in [0.3, 0.4) is 0 Å². The third-order valence-electron chi connectivity index (χ3n) is 3.87. The maximum absolute atomic E-state index is 11.1. The summed E-state index contributed by atoms with van der Waals surface area (Å²) < 4.78 is 0. The van der Waals surface area contributed by atoms with Crippen LogP contribution in [0.2, 0.25) is 0 Å². The van der Waals surface area contributed by atoms with Crippen LogP contribution in [-0.4, -0.2) is 11.3 Å². The van der Waals surface area contributed by atoms with Gasteiger partial charge in [-0.25, -0.2) is 0 Å². The lowest BCUT2D eigenvalue weighted by molar-refractivity contribution is -0.108. The summed E-state index contributed by atoms with van der Waals surface area (Å²) in [5.74, 6) is 0.115. The molecule has 1 N–H and O–H groups in total. The van der Waals surface area contributed by atoms with Gasteiger partial charge < -0.3 is 9.78 Å². The lowest BCUT2D eigenvalue weighted by Crippen LogP contribution is -2.01. The number of rotatable bonds is 4. The van der Waals surface area contributed by atoms with Crippen molar-refractivity contribution in [1.82, 2.24) is 4.98 Å². The number of benzene rings is 2. The van der Waals surface area contributed by atoms with Crippen LogP contribution in [0.5, 0.6) is 0 Å². The molecule has 0 bridgehead atoms. The molecule has 0 amide bonds. The molecule has 0 fully saturated rings. The minimum Gasteiger partial charge on any atom is -0.361 e. The lowest BCUT2D eigenvalue weighted by Gasteiger charge is -2.14. The van der Waals surface area contributed by atoms with Crippen molar-refractivity contribution in [2.75, 3.05) is 0 Å². The summed E-state index contributed by atoms with van der Waals surface area (Å²) in [4.78, 5) is 14.4. The van der Waals surface area contributed by atoms with Crippen molar-refractivity contribution >= 4 is 17.2 Å². The van der Waals surface area contributed by atoms with Gasteiger partial charge in [0.05, 0.1) is 0 Å². The van der Waals surface area contributed by atoms with Crippen LogP contribution in [-0.2, 0) is 4.79 Å². The van der Waals surface area contributed by atoms with Gasteiger partial charge in [-0.3, -0.25) is 0 Å². The van der Waals surface area contributed by atoms with Crippen molar-refractivity contribution in [3.8, 4) is 0 Å². The second-order valence-electron chi connectivity index (χ2n) is 5.11. The molecule has 0 saturated heterocycles. The predicted octanol–water partition coefficient (Wildman–Crippen LogP) is 4.20. The number of hydrogen-bond acceptors (Lipinski definition) is 1. The van der Waals surface area contributed by atoms with Gasteiger partial charge in [0, 0.05) is 29.4 Å². The summed E-state index contributed by atoms with van der Waals surface area (Å²) >= 11 is 0. The van der Waals surface area contributed by atoms with E-state index < -0.39 is 0 Å². The Labute approximate surface area is 118 Å². The first kappa shape index (κ1) is 12.7. The van der Waals surface area contributed by atoms with Crippen molar-refractivity contribution < 1.29 is 4.79 Å². The number of aromatic nitrogens is 1. The minimum atomic E-state index is 0.115. The SMILES string of the molecule is Cc1cccc2c([C@@H](CC=O)c3ccccc3)c[nH]c12. The number of aromatic amines is 1. The van der Waals surface area contributed by atoms with Gasteiger partial charge in [0.2, 0.25) is 0 Å². The van der Waals surface area contributed by atoms with Gasteiger partial charge in [0.15, 0.2) is 0 Å². The fourth-order valence-corrected chi connectivity index (χ4v) is 2.84. The smallest absolute Gasteiger partial charge is 0.120 e. The van der Waals surface area contributed by atoms with E-state index in [1.807, 2.05) is 24.4 Å². The molecule has 100 valence electrons. The summed E-state index contributed by atoms with van der Waals surface area (Å²) in [6.07, 6.45) is 3.55. The van der Waals surface area contributed by atoms with Gasteiger partial charge in [-0.1, -0.05) is 48.5 Å². The topological polar surface area (TPSA) is 32.9 Å². The lowest BCUT2D eigenvalue weighted by atomic mass is 9.88. The number of hydrogen-bond donors (Lipinski definition) is 1. The number of para-hydroxylation sites is 1. The van der Waals surface area contributed by atoms with E-state index in [0.717, 1.165) is 11.8 Å². The van der Waals surface area contributed by atoms with Gasteiger partial charge in [0.1, 0.15) is 6.29 Å². The Morgan fingerprint density at radius 1 is 1.10 bits per heavy atom. The molecule has 0 saturated carbocycles. The molecule has 0 radical (unpaired) electrons. The number of carbonyl (C=O) groups is 1. The fourth-order valence-electron chi connectivity index (χ4n) is 2.84. The quantitative estimate of drug-likeness (QED) is 0.703. The van der Waals surface area contributed by atoms with Crippen LogP contribution < -0.4 is 0 Å². The van der Waals surface area contributed by atoms with Crippen molar-refractivity contribution in [3.05, 3.63) is 71.4 Å². The third-order valence-corrected chi connectivity index (χ3v) is 3.87. The van der Waals surface area contributed by atoms with E-state index in [-0.39, 0.29) is 5.92 Å². The average molecular weight is 263 g/mol. The molecular formula is C18H17NO. The number of aldehydes is 1. The molecule has 0 unspecified atom stereocenters. The average Bonchev–Trinajstić information content (AvgIpc) is 2.91. The molecule has 3 aromatic rings. The molecule has 0 aliphatic carbocycles. The number of nitrogens with one attached hydrogen (secondary N) is 1. The molecule has 1 atom stereocenters. The van der Waals surface area contributed by atoms with Gasteiger partial charge in [-0.2, -0.15) is 0 Å².